The van der Waals surface area contributed by atoms with Crippen molar-refractivity contribution in [2.24, 2.45) is 0 Å². The normalized spacial score (nSPS) is 13.7. The molecule has 0 aliphatic carbocycles. The summed E-state index contributed by atoms with van der Waals surface area (Å²) in [6.45, 7) is 1.32. The number of benzene rings is 1. The number of carbonyl (C=O) groups is 1. The number of nitrogens with zero attached hydrogens (tertiary/aromatic N) is 1. The van der Waals surface area contributed by atoms with Crippen molar-refractivity contribution < 1.29 is 33.4 Å². The first-order valence-corrected chi connectivity index (χ1v) is 5.45. The number of rotatable bonds is 5. The molecule has 0 bridgehead atoms. The monoisotopic (exact) mass is 291 g/mol. The largest absolute Gasteiger partial charge is 0.464 e. The molecule has 2 N–H and O–H groups in total. The highest BCUT2D eigenvalue weighted by Gasteiger charge is 2.34. The molecule has 0 heterocycles. The molecule has 0 aliphatic heterocycles. The number of esters is 1. The predicted molar refractivity (Wildman–Crippen MR) is 60.6 cm³/mol. The lowest BCUT2D eigenvalue weighted by Crippen LogP contribution is -2.30. The van der Waals surface area contributed by atoms with Gasteiger partial charge in [-0.1, -0.05) is 0 Å². The van der Waals surface area contributed by atoms with Crippen molar-refractivity contribution in [1.82, 2.24) is 0 Å². The second-order valence-electron chi connectivity index (χ2n) is 3.72. The Labute approximate surface area is 111 Å². The van der Waals surface area contributed by atoms with Gasteiger partial charge in [-0.25, -0.2) is 9.18 Å². The van der Waals surface area contributed by atoms with E-state index < -0.39 is 46.0 Å². The van der Waals surface area contributed by atoms with Crippen LogP contribution < -0.4 is 0 Å². The third-order valence-electron chi connectivity index (χ3n) is 2.39. The van der Waals surface area contributed by atoms with E-state index in [1.165, 1.54) is 6.92 Å². The molecular formula is C11H11F2NO6. The van der Waals surface area contributed by atoms with Crippen molar-refractivity contribution in [3.05, 3.63) is 39.4 Å². The second kappa shape index (κ2) is 6.35. The highest BCUT2D eigenvalue weighted by Crippen LogP contribution is 2.31. The van der Waals surface area contributed by atoms with Crippen LogP contribution in [0.15, 0.2) is 12.1 Å². The van der Waals surface area contributed by atoms with Crippen LogP contribution in [-0.2, 0) is 9.53 Å². The van der Waals surface area contributed by atoms with Crippen LogP contribution in [0.25, 0.3) is 0 Å². The SMILES string of the molecule is CCOC(=O)C(O)C(O)c1cc(F)cc(F)c1[N+](=O)[O-]. The molecule has 0 fully saturated rings. The van der Waals surface area contributed by atoms with Crippen LogP contribution in [0.5, 0.6) is 0 Å². The van der Waals surface area contributed by atoms with Gasteiger partial charge in [0.1, 0.15) is 11.9 Å². The molecule has 0 saturated heterocycles. The van der Waals surface area contributed by atoms with Gasteiger partial charge in [0.05, 0.1) is 17.1 Å². The van der Waals surface area contributed by atoms with Crippen LogP contribution >= 0.6 is 0 Å². The van der Waals surface area contributed by atoms with Gasteiger partial charge in [0.25, 0.3) is 0 Å². The summed E-state index contributed by atoms with van der Waals surface area (Å²) < 4.78 is 30.8. The molecule has 1 aromatic rings. The molecule has 110 valence electrons. The Morgan fingerprint density at radius 1 is 1.45 bits per heavy atom. The van der Waals surface area contributed by atoms with E-state index in [-0.39, 0.29) is 12.7 Å². The summed E-state index contributed by atoms with van der Waals surface area (Å²) in [5, 5.41) is 29.9. The van der Waals surface area contributed by atoms with E-state index in [2.05, 4.69) is 4.74 Å². The third kappa shape index (κ3) is 3.25. The van der Waals surface area contributed by atoms with E-state index in [4.69, 9.17) is 0 Å². The molecule has 20 heavy (non-hydrogen) atoms. The van der Waals surface area contributed by atoms with E-state index in [0.717, 1.165) is 0 Å². The van der Waals surface area contributed by atoms with Gasteiger partial charge in [-0.15, -0.1) is 0 Å². The zero-order valence-electron chi connectivity index (χ0n) is 10.2. The average Bonchev–Trinajstić information content (AvgIpc) is 2.35. The number of hydrogen-bond acceptors (Lipinski definition) is 6. The van der Waals surface area contributed by atoms with Crippen molar-refractivity contribution in [2.75, 3.05) is 6.61 Å². The molecule has 2 atom stereocenters. The van der Waals surface area contributed by atoms with Crippen molar-refractivity contribution in [3.8, 4) is 0 Å². The lowest BCUT2D eigenvalue weighted by atomic mass is 10.0. The molecule has 7 nitrogen and oxygen atoms in total. The summed E-state index contributed by atoms with van der Waals surface area (Å²) in [6.07, 6.45) is -4.39. The molecule has 9 heteroatoms. The molecule has 0 spiro atoms. The zero-order chi connectivity index (χ0) is 15.4. The maximum atomic E-state index is 13.3. The minimum Gasteiger partial charge on any atom is -0.464 e. The highest BCUT2D eigenvalue weighted by atomic mass is 19.1. The molecule has 2 unspecified atom stereocenters. The summed E-state index contributed by atoms with van der Waals surface area (Å²) in [5.74, 6) is -3.99. The predicted octanol–water partition coefficient (Wildman–Crippen LogP) is 0.830. The van der Waals surface area contributed by atoms with E-state index in [9.17, 15) is 33.9 Å². The summed E-state index contributed by atoms with van der Waals surface area (Å²) in [6, 6.07) is 0.722. The van der Waals surface area contributed by atoms with Gasteiger partial charge < -0.3 is 14.9 Å². The van der Waals surface area contributed by atoms with Crippen molar-refractivity contribution in [1.29, 1.82) is 0 Å². The Balaban J connectivity index is 3.24. The zero-order valence-corrected chi connectivity index (χ0v) is 10.2. The fourth-order valence-electron chi connectivity index (χ4n) is 1.53. The first kappa shape index (κ1) is 15.9. The van der Waals surface area contributed by atoms with E-state index in [1.54, 1.807) is 0 Å². The fourth-order valence-corrected chi connectivity index (χ4v) is 1.53. The number of aliphatic hydroxyl groups is 2. The molecule has 1 rings (SSSR count). The van der Waals surface area contributed by atoms with Gasteiger partial charge in [-0.2, -0.15) is 4.39 Å². The smallest absolute Gasteiger partial charge is 0.338 e. The number of hydrogen-bond donors (Lipinski definition) is 2. The van der Waals surface area contributed by atoms with Gasteiger partial charge in [0.15, 0.2) is 6.10 Å². The van der Waals surface area contributed by atoms with E-state index in [1.807, 2.05) is 0 Å². The minimum absolute atomic E-state index is 0.109. The Morgan fingerprint density at radius 3 is 2.55 bits per heavy atom. The fraction of sp³-hybridized carbons (Fsp3) is 0.364. The van der Waals surface area contributed by atoms with E-state index in [0.29, 0.717) is 6.07 Å². The summed E-state index contributed by atoms with van der Waals surface area (Å²) in [7, 11) is 0. The first-order valence-electron chi connectivity index (χ1n) is 5.45. The Bertz CT molecular complexity index is 536. The van der Waals surface area contributed by atoms with Gasteiger partial charge in [-0.05, 0) is 13.0 Å². The molecule has 0 radical (unpaired) electrons. The number of ether oxygens (including phenoxy) is 1. The Hall–Kier alpha value is -2.13. The third-order valence-corrected chi connectivity index (χ3v) is 2.39. The molecule has 0 aromatic heterocycles. The van der Waals surface area contributed by atoms with Crippen molar-refractivity contribution in [2.45, 2.75) is 19.1 Å². The molecule has 0 aliphatic rings. The number of nitro groups is 1. The van der Waals surface area contributed by atoms with E-state index >= 15 is 0 Å². The van der Waals surface area contributed by atoms with Crippen molar-refractivity contribution in [3.63, 3.8) is 0 Å². The lowest BCUT2D eigenvalue weighted by molar-refractivity contribution is -0.389. The summed E-state index contributed by atoms with van der Waals surface area (Å²) in [5.41, 5.74) is -2.07. The van der Waals surface area contributed by atoms with Crippen LogP contribution in [0, 0.1) is 21.7 Å². The Morgan fingerprint density at radius 2 is 2.05 bits per heavy atom. The molecule has 1 aromatic carbocycles. The van der Waals surface area contributed by atoms with Crippen LogP contribution in [0.1, 0.15) is 18.6 Å². The average molecular weight is 291 g/mol. The number of aliphatic hydroxyl groups excluding tert-OH is 2. The number of carbonyl (C=O) groups excluding carboxylic acids is 1. The maximum Gasteiger partial charge on any atom is 0.338 e. The summed E-state index contributed by atoms with van der Waals surface area (Å²) in [4.78, 5) is 20.7. The van der Waals surface area contributed by atoms with Gasteiger partial charge >= 0.3 is 11.7 Å². The van der Waals surface area contributed by atoms with Gasteiger partial charge in [-0.3, -0.25) is 10.1 Å². The minimum atomic E-state index is -2.20. The molecular weight excluding hydrogens is 280 g/mol. The Kier molecular flexibility index (Phi) is 5.06. The van der Waals surface area contributed by atoms with Gasteiger partial charge in [0.2, 0.25) is 5.82 Å². The van der Waals surface area contributed by atoms with Gasteiger partial charge in [0, 0.05) is 6.07 Å². The lowest BCUT2D eigenvalue weighted by Gasteiger charge is -2.16. The maximum absolute atomic E-state index is 13.3. The van der Waals surface area contributed by atoms with Crippen molar-refractivity contribution >= 4 is 11.7 Å². The van der Waals surface area contributed by atoms with Crippen LogP contribution in [0.3, 0.4) is 0 Å². The van der Waals surface area contributed by atoms with Crippen LogP contribution in [0.2, 0.25) is 0 Å². The summed E-state index contributed by atoms with van der Waals surface area (Å²) >= 11 is 0. The second-order valence-corrected chi connectivity index (χ2v) is 3.72. The highest BCUT2D eigenvalue weighted by molar-refractivity contribution is 5.75. The first-order chi connectivity index (χ1) is 9.29. The quantitative estimate of drug-likeness (QED) is 0.472. The standard InChI is InChI=1S/C11H11F2NO6/c1-2-20-11(17)10(16)9(15)6-3-5(12)4-7(13)8(6)14(18)19/h3-4,9-10,15-16H,2H2,1H3. The van der Waals surface area contributed by atoms with Crippen LogP contribution in [-0.4, -0.2) is 33.8 Å². The van der Waals surface area contributed by atoms with Crippen LogP contribution in [0.4, 0.5) is 14.5 Å². The molecule has 0 amide bonds. The molecule has 0 saturated carbocycles. The topological polar surface area (TPSA) is 110 Å². The number of halogens is 2. The number of nitro benzene ring substituents is 1.